The smallest absolute Gasteiger partial charge is 0.241 e. The fourth-order valence-corrected chi connectivity index (χ4v) is 2.50. The molecule has 29 heavy (non-hydrogen) atoms. The number of nitrogens with one attached hydrogen (secondary N) is 2. The van der Waals surface area contributed by atoms with E-state index in [1.54, 1.807) is 19.0 Å². The van der Waals surface area contributed by atoms with E-state index in [2.05, 4.69) is 31.6 Å². The quantitative estimate of drug-likeness (QED) is 0.208. The van der Waals surface area contributed by atoms with Crippen molar-refractivity contribution in [3.8, 4) is 5.75 Å². The van der Waals surface area contributed by atoms with E-state index >= 15 is 0 Å². The summed E-state index contributed by atoms with van der Waals surface area (Å²) in [4.78, 5) is 18.0. The zero-order chi connectivity index (χ0) is 20.2. The number of carbonyl (C=O) groups excluding carboxylic acids is 1. The summed E-state index contributed by atoms with van der Waals surface area (Å²) in [6, 6.07) is 17.7. The summed E-state index contributed by atoms with van der Waals surface area (Å²) in [7, 11) is 3.47. The monoisotopic (exact) mass is 574 g/mol. The minimum absolute atomic E-state index is 0. The van der Waals surface area contributed by atoms with Gasteiger partial charge in [-0.3, -0.25) is 4.79 Å². The second-order valence-corrected chi connectivity index (χ2v) is 7.29. The van der Waals surface area contributed by atoms with Crippen molar-refractivity contribution in [3.63, 3.8) is 0 Å². The first-order valence-corrected chi connectivity index (χ1v) is 9.98. The molecule has 0 fully saturated rings. The number of rotatable bonds is 9. The van der Waals surface area contributed by atoms with Gasteiger partial charge in [-0.25, -0.2) is 4.99 Å². The van der Waals surface area contributed by atoms with Gasteiger partial charge in [-0.1, -0.05) is 46.3 Å². The number of para-hydroxylation sites is 1. The first-order valence-electron chi connectivity index (χ1n) is 9.19. The molecule has 158 valence electrons. The first kappa shape index (κ1) is 25.2. The van der Waals surface area contributed by atoms with E-state index in [0.29, 0.717) is 25.7 Å². The van der Waals surface area contributed by atoms with Crippen molar-refractivity contribution < 1.29 is 9.53 Å². The van der Waals surface area contributed by atoms with Crippen LogP contribution in [-0.2, 0) is 11.3 Å². The van der Waals surface area contributed by atoms with Crippen molar-refractivity contribution in [1.29, 1.82) is 0 Å². The summed E-state index contributed by atoms with van der Waals surface area (Å²) in [5.74, 6) is 1.46. The number of benzene rings is 2. The van der Waals surface area contributed by atoms with E-state index in [0.717, 1.165) is 22.2 Å². The van der Waals surface area contributed by atoms with Crippen LogP contribution in [0.3, 0.4) is 0 Å². The molecular weight excluding hydrogens is 547 g/mol. The van der Waals surface area contributed by atoms with E-state index < -0.39 is 0 Å². The van der Waals surface area contributed by atoms with Crippen LogP contribution in [0.25, 0.3) is 0 Å². The molecule has 2 N–H and O–H groups in total. The maximum Gasteiger partial charge on any atom is 0.241 e. The van der Waals surface area contributed by atoms with Crippen LogP contribution < -0.4 is 15.4 Å². The summed E-state index contributed by atoms with van der Waals surface area (Å²) in [6.45, 7) is 2.02. The van der Waals surface area contributed by atoms with Gasteiger partial charge in [-0.15, -0.1) is 24.0 Å². The molecule has 0 spiro atoms. The van der Waals surface area contributed by atoms with Crippen molar-refractivity contribution in [1.82, 2.24) is 15.5 Å². The van der Waals surface area contributed by atoms with Crippen LogP contribution in [0.1, 0.15) is 12.0 Å². The lowest BCUT2D eigenvalue weighted by Gasteiger charge is -2.15. The van der Waals surface area contributed by atoms with Crippen LogP contribution in [0, 0.1) is 0 Å². The topological polar surface area (TPSA) is 66.0 Å². The van der Waals surface area contributed by atoms with E-state index in [4.69, 9.17) is 4.74 Å². The van der Waals surface area contributed by atoms with Gasteiger partial charge in [0.2, 0.25) is 5.91 Å². The van der Waals surface area contributed by atoms with Gasteiger partial charge in [-0.05, 0) is 36.2 Å². The molecule has 0 atom stereocenters. The SMILES string of the molecule is CN(C)C(=O)CNC(=NCc1ccc(Br)cc1)NCCCOc1ccccc1.I. The largest absolute Gasteiger partial charge is 0.494 e. The Morgan fingerprint density at radius 2 is 1.76 bits per heavy atom. The molecule has 0 radical (unpaired) electrons. The Kier molecular flexibility index (Phi) is 12.4. The van der Waals surface area contributed by atoms with Crippen molar-refractivity contribution in [3.05, 3.63) is 64.6 Å². The van der Waals surface area contributed by atoms with Crippen LogP contribution in [0.4, 0.5) is 0 Å². The molecule has 0 aromatic heterocycles. The maximum absolute atomic E-state index is 11.8. The van der Waals surface area contributed by atoms with Crippen LogP contribution in [0.15, 0.2) is 64.1 Å². The number of likely N-dealkylation sites (N-methyl/N-ethyl adjacent to an activating group) is 1. The van der Waals surface area contributed by atoms with Crippen LogP contribution >= 0.6 is 39.9 Å². The Hall–Kier alpha value is -1.81. The predicted molar refractivity (Wildman–Crippen MR) is 132 cm³/mol. The molecule has 2 rings (SSSR count). The molecule has 0 saturated heterocycles. The average Bonchev–Trinajstić information content (AvgIpc) is 2.70. The first-order chi connectivity index (χ1) is 13.5. The average molecular weight is 575 g/mol. The van der Waals surface area contributed by atoms with Gasteiger partial charge in [0.1, 0.15) is 5.75 Å². The second kappa shape index (κ2) is 14.2. The maximum atomic E-state index is 11.8. The fourth-order valence-electron chi connectivity index (χ4n) is 2.24. The molecular formula is C21H28BrIN4O2. The van der Waals surface area contributed by atoms with E-state index in [1.165, 1.54) is 0 Å². The van der Waals surface area contributed by atoms with E-state index in [-0.39, 0.29) is 36.4 Å². The number of hydrogen-bond donors (Lipinski definition) is 2. The van der Waals surface area contributed by atoms with E-state index in [9.17, 15) is 4.79 Å². The van der Waals surface area contributed by atoms with Gasteiger partial charge in [0.25, 0.3) is 0 Å². The van der Waals surface area contributed by atoms with Crippen LogP contribution in [-0.4, -0.2) is 50.6 Å². The molecule has 0 bridgehead atoms. The minimum atomic E-state index is -0.00875. The molecule has 0 aliphatic carbocycles. The molecule has 0 heterocycles. The van der Waals surface area contributed by atoms with Crippen molar-refractivity contribution in [2.75, 3.05) is 33.8 Å². The second-order valence-electron chi connectivity index (χ2n) is 6.37. The molecule has 2 aromatic rings. The number of aliphatic imine (C=N–C) groups is 1. The zero-order valence-electron chi connectivity index (χ0n) is 16.7. The molecule has 8 heteroatoms. The molecule has 1 amide bonds. The highest BCUT2D eigenvalue weighted by atomic mass is 127. The van der Waals surface area contributed by atoms with Gasteiger partial charge in [0.15, 0.2) is 5.96 Å². The summed E-state index contributed by atoms with van der Waals surface area (Å²) in [5, 5.41) is 6.35. The van der Waals surface area contributed by atoms with Gasteiger partial charge >= 0.3 is 0 Å². The molecule has 0 aliphatic rings. The number of nitrogens with zero attached hydrogens (tertiary/aromatic N) is 2. The minimum Gasteiger partial charge on any atom is -0.494 e. The number of hydrogen-bond acceptors (Lipinski definition) is 3. The summed E-state index contributed by atoms with van der Waals surface area (Å²) >= 11 is 3.43. The molecule has 6 nitrogen and oxygen atoms in total. The normalized spacial score (nSPS) is 10.7. The predicted octanol–water partition coefficient (Wildman–Crippen LogP) is 3.66. The third-order valence-corrected chi connectivity index (χ3v) is 4.39. The Labute approximate surface area is 198 Å². The van der Waals surface area contributed by atoms with Gasteiger partial charge in [0.05, 0.1) is 19.7 Å². The number of halogens is 2. The van der Waals surface area contributed by atoms with Crippen molar-refractivity contribution in [2.24, 2.45) is 4.99 Å². The highest BCUT2D eigenvalue weighted by molar-refractivity contribution is 14.0. The summed E-state index contributed by atoms with van der Waals surface area (Å²) in [5.41, 5.74) is 1.09. The highest BCUT2D eigenvalue weighted by Gasteiger charge is 2.06. The Balaban J connectivity index is 0.00000420. The molecule has 0 unspecified atom stereocenters. The van der Waals surface area contributed by atoms with Crippen LogP contribution in [0.2, 0.25) is 0 Å². The van der Waals surface area contributed by atoms with Crippen molar-refractivity contribution >= 4 is 51.8 Å². The van der Waals surface area contributed by atoms with Crippen molar-refractivity contribution in [2.45, 2.75) is 13.0 Å². The Morgan fingerprint density at radius 3 is 2.41 bits per heavy atom. The third-order valence-electron chi connectivity index (χ3n) is 3.86. The third kappa shape index (κ3) is 10.5. The number of amides is 1. The van der Waals surface area contributed by atoms with Gasteiger partial charge < -0.3 is 20.3 Å². The molecule has 2 aromatic carbocycles. The molecule has 0 aliphatic heterocycles. The summed E-state index contributed by atoms with van der Waals surface area (Å²) < 4.78 is 6.73. The number of carbonyl (C=O) groups is 1. The lowest BCUT2D eigenvalue weighted by atomic mass is 10.2. The zero-order valence-corrected chi connectivity index (χ0v) is 20.6. The summed E-state index contributed by atoms with van der Waals surface area (Å²) in [6.07, 6.45) is 0.815. The fraction of sp³-hybridized carbons (Fsp3) is 0.333. The lowest BCUT2D eigenvalue weighted by Crippen LogP contribution is -2.43. The standard InChI is InChI=1S/C21H27BrN4O2.HI/c1-26(2)20(27)16-25-21(24-15-17-9-11-18(22)12-10-17)23-13-6-14-28-19-7-4-3-5-8-19;/h3-5,7-12H,6,13-16H2,1-2H3,(H2,23,24,25);1H. The number of guanidine groups is 1. The lowest BCUT2D eigenvalue weighted by molar-refractivity contribution is -0.127. The van der Waals surface area contributed by atoms with E-state index in [1.807, 2.05) is 54.6 Å². The van der Waals surface area contributed by atoms with Gasteiger partial charge in [-0.2, -0.15) is 0 Å². The van der Waals surface area contributed by atoms with Gasteiger partial charge in [0, 0.05) is 25.1 Å². The Morgan fingerprint density at radius 1 is 1.07 bits per heavy atom. The van der Waals surface area contributed by atoms with Crippen LogP contribution in [0.5, 0.6) is 5.75 Å². The highest BCUT2D eigenvalue weighted by Crippen LogP contribution is 2.11. The molecule has 0 saturated carbocycles. The number of ether oxygens (including phenoxy) is 1. The Bertz CT molecular complexity index is 755.